The molecule has 0 saturated heterocycles. The molecule has 39 heavy (non-hydrogen) atoms. The number of aliphatic imine (C=N–C) groups is 1. The first-order valence-electron chi connectivity index (χ1n) is 12.2. The van der Waals surface area contributed by atoms with E-state index in [-0.39, 0.29) is 62.9 Å². The Bertz CT molecular complexity index is 1660. The number of benzene rings is 2. The van der Waals surface area contributed by atoms with Crippen molar-refractivity contribution in [1.29, 1.82) is 0 Å². The maximum Gasteiger partial charge on any atom is 0.227 e. The predicted octanol–water partition coefficient (Wildman–Crippen LogP) is 4.33. The van der Waals surface area contributed by atoms with Crippen molar-refractivity contribution in [3.05, 3.63) is 58.8 Å². The van der Waals surface area contributed by atoms with Crippen LogP contribution in [0.1, 0.15) is 42.0 Å². The number of methoxy groups -OCH3 is 1. The topological polar surface area (TPSA) is 145 Å². The monoisotopic (exact) mass is 532 g/mol. The van der Waals surface area contributed by atoms with Gasteiger partial charge in [-0.2, -0.15) is 0 Å². The van der Waals surface area contributed by atoms with E-state index >= 15 is 4.39 Å². The predicted molar refractivity (Wildman–Crippen MR) is 145 cm³/mol. The second-order valence-electron chi connectivity index (χ2n) is 9.31. The van der Waals surface area contributed by atoms with E-state index in [1.165, 1.54) is 31.4 Å². The highest BCUT2D eigenvalue weighted by Gasteiger charge is 2.31. The highest BCUT2D eigenvalue weighted by Crippen LogP contribution is 2.40. The number of terminal acetylenes is 1. The molecule has 2 atom stereocenters. The number of pyridine rings is 1. The van der Waals surface area contributed by atoms with Crippen LogP contribution in [0, 0.1) is 24.0 Å². The zero-order valence-electron chi connectivity index (χ0n) is 21.3. The van der Waals surface area contributed by atoms with Gasteiger partial charge in [-0.15, -0.1) is 6.42 Å². The average Bonchev–Trinajstić information content (AvgIpc) is 3.57. The molecule has 4 aromatic rings. The number of hydrogen-bond donors (Lipinski definition) is 4. The van der Waals surface area contributed by atoms with Crippen LogP contribution in [0.15, 0.2) is 39.8 Å². The molecule has 0 unspecified atom stereocenters. The lowest BCUT2D eigenvalue weighted by molar-refractivity contribution is 0.395. The smallest absolute Gasteiger partial charge is 0.227 e. The van der Waals surface area contributed by atoms with Crippen molar-refractivity contribution in [2.45, 2.75) is 31.2 Å². The molecule has 2 aromatic carbocycles. The minimum atomic E-state index is -0.893. The van der Waals surface area contributed by atoms with Gasteiger partial charge in [0.25, 0.3) is 0 Å². The number of phenolic OH excluding ortho intramolecular Hbond substituents is 1. The summed E-state index contributed by atoms with van der Waals surface area (Å²) in [5.41, 5.74) is 12.4. The Labute approximate surface area is 222 Å². The lowest BCUT2D eigenvalue weighted by Crippen LogP contribution is -2.34. The molecule has 9 nitrogen and oxygen atoms in total. The number of nitrogens with one attached hydrogen (secondary N) is 1. The molecule has 1 aliphatic rings. The standard InChI is InChI=1S/C28H26F2N6O3/c1-4-17-19(29)8-6-14-10-16(37)11-18(22(14)17)26-24(30)25(32)23(28(35-26)38-3)27(33-2)34-15-7-5-13(9-15)20-12-21(31)39-36-20/h1,6,8,10-13,15,37H,5,7,9,31H2,2-3H3,(H2,32,35)(H,33,34)/t13-,15+/m0/s1. The van der Waals surface area contributed by atoms with Gasteiger partial charge in [0, 0.05) is 36.0 Å². The fourth-order valence-corrected chi connectivity index (χ4v) is 5.19. The maximum atomic E-state index is 16.0. The number of amidine groups is 1. The third-order valence-corrected chi connectivity index (χ3v) is 6.98. The SMILES string of the molecule is C#Cc1c(F)ccc2cc(O)cc(-c3nc(OC)c(C(=NC)N[C@@H]4CC[C@H](c5cc(N)on5)C4)c(N)c3F)c12. The van der Waals surface area contributed by atoms with Crippen LogP contribution in [0.4, 0.5) is 20.4 Å². The van der Waals surface area contributed by atoms with Crippen molar-refractivity contribution in [3.8, 4) is 35.2 Å². The van der Waals surface area contributed by atoms with Crippen molar-refractivity contribution in [2.75, 3.05) is 25.6 Å². The van der Waals surface area contributed by atoms with Crippen LogP contribution < -0.4 is 21.5 Å². The van der Waals surface area contributed by atoms with Crippen LogP contribution in [0.2, 0.25) is 0 Å². The molecule has 2 aromatic heterocycles. The zero-order chi connectivity index (χ0) is 27.8. The zero-order valence-corrected chi connectivity index (χ0v) is 21.3. The number of ether oxygens (including phenoxy) is 1. The van der Waals surface area contributed by atoms with Crippen LogP contribution in [-0.4, -0.2) is 41.3 Å². The van der Waals surface area contributed by atoms with Crippen molar-refractivity contribution < 1.29 is 23.1 Å². The largest absolute Gasteiger partial charge is 0.508 e. The van der Waals surface area contributed by atoms with E-state index in [0.29, 0.717) is 11.2 Å². The summed E-state index contributed by atoms with van der Waals surface area (Å²) in [5, 5.41) is 18.3. The highest BCUT2D eigenvalue weighted by atomic mass is 19.1. The summed E-state index contributed by atoms with van der Waals surface area (Å²) in [5.74, 6) is 1.25. The molecule has 200 valence electrons. The normalized spacial score (nSPS) is 17.4. The number of anilines is 2. The summed E-state index contributed by atoms with van der Waals surface area (Å²) in [6, 6.07) is 6.98. The molecular weight excluding hydrogens is 506 g/mol. The van der Waals surface area contributed by atoms with Gasteiger partial charge in [0.1, 0.15) is 28.7 Å². The molecule has 1 aliphatic carbocycles. The minimum Gasteiger partial charge on any atom is -0.508 e. The molecule has 2 heterocycles. The van der Waals surface area contributed by atoms with Crippen LogP contribution in [0.25, 0.3) is 22.0 Å². The first-order chi connectivity index (χ1) is 18.7. The van der Waals surface area contributed by atoms with Gasteiger partial charge in [0.2, 0.25) is 11.8 Å². The quantitative estimate of drug-likeness (QED) is 0.169. The van der Waals surface area contributed by atoms with E-state index in [9.17, 15) is 9.50 Å². The highest BCUT2D eigenvalue weighted by molar-refractivity contribution is 6.07. The third kappa shape index (κ3) is 4.54. The Kier molecular flexibility index (Phi) is 6.70. The fraction of sp³-hybridized carbons (Fsp3) is 0.250. The van der Waals surface area contributed by atoms with E-state index < -0.39 is 11.6 Å². The Balaban J connectivity index is 1.56. The fourth-order valence-electron chi connectivity index (χ4n) is 5.19. The van der Waals surface area contributed by atoms with Gasteiger partial charge in [-0.3, -0.25) is 4.99 Å². The number of aromatic hydroxyl groups is 1. The second kappa shape index (κ2) is 10.1. The first-order valence-corrected chi connectivity index (χ1v) is 12.2. The van der Waals surface area contributed by atoms with E-state index in [1.807, 2.05) is 0 Å². The number of rotatable bonds is 5. The molecule has 0 amide bonds. The average molecular weight is 533 g/mol. The van der Waals surface area contributed by atoms with Crippen molar-refractivity contribution in [3.63, 3.8) is 0 Å². The summed E-state index contributed by atoms with van der Waals surface area (Å²) < 4.78 is 41.1. The first kappa shape index (κ1) is 25.8. The number of nitrogen functional groups attached to an aromatic ring is 2. The molecule has 1 fully saturated rings. The summed E-state index contributed by atoms with van der Waals surface area (Å²) in [4.78, 5) is 8.70. The number of nitrogens with zero attached hydrogens (tertiary/aromatic N) is 3. The summed E-state index contributed by atoms with van der Waals surface area (Å²) >= 11 is 0. The van der Waals surface area contributed by atoms with Crippen LogP contribution in [0.3, 0.4) is 0 Å². The van der Waals surface area contributed by atoms with Gasteiger partial charge in [0.05, 0.1) is 24.1 Å². The summed E-state index contributed by atoms with van der Waals surface area (Å²) in [6.07, 6.45) is 7.94. The van der Waals surface area contributed by atoms with Crippen molar-refractivity contribution in [2.24, 2.45) is 4.99 Å². The molecule has 0 radical (unpaired) electrons. The van der Waals surface area contributed by atoms with E-state index in [1.54, 1.807) is 13.1 Å². The van der Waals surface area contributed by atoms with Gasteiger partial charge in [-0.25, -0.2) is 13.8 Å². The van der Waals surface area contributed by atoms with E-state index in [2.05, 4.69) is 26.4 Å². The van der Waals surface area contributed by atoms with Crippen LogP contribution >= 0.6 is 0 Å². The van der Waals surface area contributed by atoms with Gasteiger partial charge >= 0.3 is 0 Å². The molecule has 0 aliphatic heterocycles. The Morgan fingerprint density at radius 2 is 2.05 bits per heavy atom. The van der Waals surface area contributed by atoms with E-state index in [0.717, 1.165) is 25.0 Å². The Hall–Kier alpha value is -4.85. The van der Waals surface area contributed by atoms with Crippen LogP contribution in [-0.2, 0) is 0 Å². The second-order valence-corrected chi connectivity index (χ2v) is 9.31. The molecular formula is C28H26F2N6O3. The number of nitrogens with two attached hydrogens (primary N) is 2. The van der Waals surface area contributed by atoms with Gasteiger partial charge < -0.3 is 31.2 Å². The van der Waals surface area contributed by atoms with E-state index in [4.69, 9.17) is 27.2 Å². The Morgan fingerprint density at radius 3 is 2.72 bits per heavy atom. The molecule has 6 N–H and O–H groups in total. The third-order valence-electron chi connectivity index (χ3n) is 6.98. The lowest BCUT2D eigenvalue weighted by atomic mass is 9.95. The molecule has 5 rings (SSSR count). The minimum absolute atomic E-state index is 0.00836. The van der Waals surface area contributed by atoms with Gasteiger partial charge in [-0.05, 0) is 42.8 Å². The molecule has 11 heteroatoms. The lowest BCUT2D eigenvalue weighted by Gasteiger charge is -2.20. The number of phenols is 1. The molecule has 0 spiro atoms. The molecule has 0 bridgehead atoms. The number of fused-ring (bicyclic) bond motifs is 1. The van der Waals surface area contributed by atoms with Crippen molar-refractivity contribution in [1.82, 2.24) is 15.5 Å². The Morgan fingerprint density at radius 1 is 1.26 bits per heavy atom. The van der Waals surface area contributed by atoms with Gasteiger partial charge in [-0.1, -0.05) is 17.1 Å². The number of halogens is 2. The summed E-state index contributed by atoms with van der Waals surface area (Å²) in [6.45, 7) is 0. The van der Waals surface area contributed by atoms with Crippen LogP contribution in [0.5, 0.6) is 11.6 Å². The van der Waals surface area contributed by atoms with Crippen molar-refractivity contribution >= 4 is 28.2 Å². The summed E-state index contributed by atoms with van der Waals surface area (Å²) in [7, 11) is 2.91. The number of aromatic nitrogens is 2. The van der Waals surface area contributed by atoms with Gasteiger partial charge in [0.15, 0.2) is 5.82 Å². The molecule has 1 saturated carbocycles. The number of hydrogen-bond acceptors (Lipinski definition) is 8. The maximum absolute atomic E-state index is 16.0.